The molecule has 0 atom stereocenters. The van der Waals surface area contributed by atoms with Crippen LogP contribution in [0.4, 0.5) is 0 Å². The molecule has 0 aromatic carbocycles. The van der Waals surface area contributed by atoms with Gasteiger partial charge in [0.1, 0.15) is 0 Å². The zero-order chi connectivity index (χ0) is 12.7. The number of hydrogen-bond donors (Lipinski definition) is 1. The minimum Gasteiger partial charge on any atom is -0.379 e. The molecule has 1 fully saturated rings. The van der Waals surface area contributed by atoms with E-state index < -0.39 is 10.0 Å². The lowest BCUT2D eigenvalue weighted by atomic mass is 10.3. The summed E-state index contributed by atoms with van der Waals surface area (Å²) in [6.07, 6.45) is 1.21. The van der Waals surface area contributed by atoms with Crippen LogP contribution >= 0.6 is 0 Å². The van der Waals surface area contributed by atoms with E-state index in [4.69, 9.17) is 4.74 Å². The summed E-state index contributed by atoms with van der Waals surface area (Å²) < 4.78 is 30.2. The Morgan fingerprint density at radius 2 is 2.00 bits per heavy atom. The highest BCUT2D eigenvalue weighted by Crippen LogP contribution is 2.04. The number of morpholine rings is 1. The molecule has 17 heavy (non-hydrogen) atoms. The predicted molar refractivity (Wildman–Crippen MR) is 64.1 cm³/mol. The molecule has 1 aliphatic heterocycles. The summed E-state index contributed by atoms with van der Waals surface area (Å²) >= 11 is 0. The fourth-order valence-electron chi connectivity index (χ4n) is 1.59. The molecule has 0 spiro atoms. The number of rotatable bonds is 6. The van der Waals surface area contributed by atoms with E-state index in [0.29, 0.717) is 32.7 Å². The molecule has 100 valence electrons. The maximum Gasteiger partial charge on any atom is 0.220 e. The van der Waals surface area contributed by atoms with Gasteiger partial charge in [0.2, 0.25) is 15.9 Å². The molecule has 1 rings (SSSR count). The van der Waals surface area contributed by atoms with E-state index in [-0.39, 0.29) is 18.2 Å². The van der Waals surface area contributed by atoms with Crippen LogP contribution < -0.4 is 5.32 Å². The first-order valence-electron chi connectivity index (χ1n) is 5.88. The van der Waals surface area contributed by atoms with Crippen molar-refractivity contribution in [3.05, 3.63) is 0 Å². The van der Waals surface area contributed by atoms with E-state index >= 15 is 0 Å². The van der Waals surface area contributed by atoms with Gasteiger partial charge in [0.15, 0.2) is 0 Å². The molecule has 0 bridgehead atoms. The third-order valence-corrected chi connectivity index (χ3v) is 4.39. The van der Waals surface area contributed by atoms with E-state index in [1.165, 1.54) is 4.31 Å². The molecule has 0 saturated carbocycles. The Morgan fingerprint density at radius 3 is 2.59 bits per heavy atom. The van der Waals surface area contributed by atoms with E-state index in [9.17, 15) is 13.2 Å². The van der Waals surface area contributed by atoms with Gasteiger partial charge in [-0.15, -0.1) is 0 Å². The van der Waals surface area contributed by atoms with Crippen LogP contribution in [-0.4, -0.2) is 57.2 Å². The molecule has 1 N–H and O–H groups in total. The molecule has 0 aromatic heterocycles. The smallest absolute Gasteiger partial charge is 0.220 e. The zero-order valence-corrected chi connectivity index (χ0v) is 11.0. The summed E-state index contributed by atoms with van der Waals surface area (Å²) in [6.45, 7) is 3.79. The van der Waals surface area contributed by atoms with E-state index in [0.717, 1.165) is 6.42 Å². The first kappa shape index (κ1) is 14.4. The van der Waals surface area contributed by atoms with Gasteiger partial charge < -0.3 is 10.1 Å². The first-order valence-corrected chi connectivity index (χ1v) is 7.49. The Morgan fingerprint density at radius 1 is 1.35 bits per heavy atom. The minimum atomic E-state index is -3.26. The van der Waals surface area contributed by atoms with Gasteiger partial charge in [0.25, 0.3) is 0 Å². The molecule has 7 heteroatoms. The highest BCUT2D eigenvalue weighted by Gasteiger charge is 2.23. The van der Waals surface area contributed by atoms with Crippen molar-refractivity contribution in [2.75, 3.05) is 38.6 Å². The normalized spacial score (nSPS) is 17.9. The fourth-order valence-corrected chi connectivity index (χ4v) is 2.91. The predicted octanol–water partition coefficient (Wildman–Crippen LogP) is -0.435. The second kappa shape index (κ2) is 6.93. The minimum absolute atomic E-state index is 0.0392. The molecule has 1 saturated heterocycles. The van der Waals surface area contributed by atoms with Crippen molar-refractivity contribution >= 4 is 15.9 Å². The van der Waals surface area contributed by atoms with Gasteiger partial charge in [-0.2, -0.15) is 4.31 Å². The van der Waals surface area contributed by atoms with Gasteiger partial charge in [-0.1, -0.05) is 6.92 Å². The molecule has 1 heterocycles. The highest BCUT2D eigenvalue weighted by atomic mass is 32.2. The average molecular weight is 264 g/mol. The van der Waals surface area contributed by atoms with Crippen LogP contribution in [-0.2, 0) is 19.6 Å². The van der Waals surface area contributed by atoms with E-state index in [1.807, 2.05) is 6.92 Å². The Bertz CT molecular complexity index is 336. The second-order valence-electron chi connectivity index (χ2n) is 3.93. The molecule has 0 aliphatic carbocycles. The quantitative estimate of drug-likeness (QED) is 0.706. The highest BCUT2D eigenvalue weighted by molar-refractivity contribution is 7.89. The van der Waals surface area contributed by atoms with Crippen molar-refractivity contribution in [2.24, 2.45) is 0 Å². The van der Waals surface area contributed by atoms with Crippen molar-refractivity contribution in [1.82, 2.24) is 9.62 Å². The van der Waals surface area contributed by atoms with Gasteiger partial charge in [0.05, 0.1) is 19.0 Å². The maximum absolute atomic E-state index is 11.8. The summed E-state index contributed by atoms with van der Waals surface area (Å²) in [5.41, 5.74) is 0. The van der Waals surface area contributed by atoms with Crippen LogP contribution in [0.25, 0.3) is 0 Å². The number of carbonyl (C=O) groups is 1. The summed E-state index contributed by atoms with van der Waals surface area (Å²) in [5, 5.41) is 2.60. The Hall–Kier alpha value is -0.660. The van der Waals surface area contributed by atoms with Crippen molar-refractivity contribution < 1.29 is 17.9 Å². The van der Waals surface area contributed by atoms with Gasteiger partial charge in [0, 0.05) is 26.1 Å². The Kier molecular flexibility index (Phi) is 5.87. The summed E-state index contributed by atoms with van der Waals surface area (Å²) in [4.78, 5) is 11.2. The van der Waals surface area contributed by atoms with Crippen LogP contribution in [0.2, 0.25) is 0 Å². The summed E-state index contributed by atoms with van der Waals surface area (Å²) in [6, 6.07) is 0. The SMILES string of the molecule is CCCC(=O)NCCS(=O)(=O)N1CCOCC1. The van der Waals surface area contributed by atoms with Crippen molar-refractivity contribution in [1.29, 1.82) is 0 Å². The zero-order valence-electron chi connectivity index (χ0n) is 10.1. The van der Waals surface area contributed by atoms with Crippen LogP contribution in [0.15, 0.2) is 0 Å². The Labute approximate surface area is 102 Å². The molecule has 0 aromatic rings. The number of sulfonamides is 1. The van der Waals surface area contributed by atoms with Crippen LogP contribution in [0.5, 0.6) is 0 Å². The summed E-state index contributed by atoms with van der Waals surface area (Å²) in [7, 11) is -3.26. The number of nitrogens with one attached hydrogen (secondary N) is 1. The van der Waals surface area contributed by atoms with E-state index in [1.54, 1.807) is 0 Å². The van der Waals surface area contributed by atoms with Crippen LogP contribution in [0.3, 0.4) is 0 Å². The van der Waals surface area contributed by atoms with Crippen LogP contribution in [0.1, 0.15) is 19.8 Å². The second-order valence-corrected chi connectivity index (χ2v) is 6.02. The molecule has 0 unspecified atom stereocenters. The van der Waals surface area contributed by atoms with Gasteiger partial charge >= 0.3 is 0 Å². The molecule has 1 aliphatic rings. The monoisotopic (exact) mass is 264 g/mol. The van der Waals surface area contributed by atoms with Crippen molar-refractivity contribution in [2.45, 2.75) is 19.8 Å². The fraction of sp³-hybridized carbons (Fsp3) is 0.900. The van der Waals surface area contributed by atoms with Gasteiger partial charge in [-0.05, 0) is 6.42 Å². The molecule has 6 nitrogen and oxygen atoms in total. The van der Waals surface area contributed by atoms with Crippen LogP contribution in [0, 0.1) is 0 Å². The molecular weight excluding hydrogens is 244 g/mol. The third-order valence-electron chi connectivity index (χ3n) is 2.52. The third kappa shape index (κ3) is 5.01. The molecule has 1 amide bonds. The number of carbonyl (C=O) groups excluding carboxylic acids is 1. The average Bonchev–Trinajstić information content (AvgIpc) is 2.30. The maximum atomic E-state index is 11.8. The summed E-state index contributed by atoms with van der Waals surface area (Å²) in [5.74, 6) is -0.132. The van der Waals surface area contributed by atoms with Gasteiger partial charge in [-0.3, -0.25) is 4.79 Å². The standard InChI is InChI=1S/C10H20N2O4S/c1-2-3-10(13)11-4-9-17(14,15)12-5-7-16-8-6-12/h2-9H2,1H3,(H,11,13). The topological polar surface area (TPSA) is 75.7 Å². The lowest BCUT2D eigenvalue weighted by Gasteiger charge is -2.26. The largest absolute Gasteiger partial charge is 0.379 e. The number of hydrogen-bond acceptors (Lipinski definition) is 4. The molecule has 0 radical (unpaired) electrons. The lowest BCUT2D eigenvalue weighted by Crippen LogP contribution is -2.43. The number of nitrogens with zero attached hydrogens (tertiary/aromatic N) is 1. The first-order chi connectivity index (χ1) is 8.06. The van der Waals surface area contributed by atoms with Gasteiger partial charge in [-0.25, -0.2) is 8.42 Å². The Balaban J connectivity index is 2.31. The lowest BCUT2D eigenvalue weighted by molar-refractivity contribution is -0.120. The van der Waals surface area contributed by atoms with Crippen molar-refractivity contribution in [3.63, 3.8) is 0 Å². The van der Waals surface area contributed by atoms with Crippen molar-refractivity contribution in [3.8, 4) is 0 Å². The molecular formula is C10H20N2O4S. The van der Waals surface area contributed by atoms with E-state index in [2.05, 4.69) is 5.32 Å². The number of amides is 1. The number of ether oxygens (including phenoxy) is 1.